The van der Waals surface area contributed by atoms with Gasteiger partial charge in [0.15, 0.2) is 0 Å². The zero-order chi connectivity index (χ0) is 19.9. The number of amides is 1. The number of morpholine rings is 1. The van der Waals surface area contributed by atoms with Crippen molar-refractivity contribution in [2.24, 2.45) is 5.73 Å². The molecule has 0 spiro atoms. The molecule has 0 atom stereocenters. The monoisotopic (exact) mass is 380 g/mol. The van der Waals surface area contributed by atoms with Gasteiger partial charge in [-0.3, -0.25) is 9.69 Å². The van der Waals surface area contributed by atoms with Crippen LogP contribution in [0.25, 0.3) is 10.9 Å². The topological polar surface area (TPSA) is 83.4 Å². The molecule has 1 aromatic heterocycles. The van der Waals surface area contributed by atoms with Gasteiger partial charge >= 0.3 is 0 Å². The molecular weight excluding hydrogens is 352 g/mol. The zero-order valence-corrected chi connectivity index (χ0v) is 16.3. The summed E-state index contributed by atoms with van der Waals surface area (Å²) in [6.45, 7) is 10.7. The van der Waals surface area contributed by atoms with E-state index in [0.717, 1.165) is 54.9 Å². The van der Waals surface area contributed by atoms with E-state index in [2.05, 4.69) is 21.8 Å². The highest BCUT2D eigenvalue weighted by molar-refractivity contribution is 5.98. The standard InChI is InChI=1S/C22H28N4O2/c1-16(4-3-7-23)17(2)13-25-22(27)18-5-6-20-19(14-24-21(20)12-18)15-26-8-10-28-11-9-26/h3-7,12,14,24H,2,8-11,13,15,23H2,1H3,(H,25,27)/b7-3-,16-4-. The minimum Gasteiger partial charge on any atom is -0.405 e. The van der Waals surface area contributed by atoms with Crippen molar-refractivity contribution in [3.05, 3.63) is 71.6 Å². The summed E-state index contributed by atoms with van der Waals surface area (Å²) in [6.07, 6.45) is 7.11. The average Bonchev–Trinajstić information content (AvgIpc) is 3.12. The number of nitrogens with zero attached hydrogens (tertiary/aromatic N) is 1. The summed E-state index contributed by atoms with van der Waals surface area (Å²) in [5.41, 5.74) is 10.0. The van der Waals surface area contributed by atoms with Crippen LogP contribution >= 0.6 is 0 Å². The molecule has 1 aromatic carbocycles. The van der Waals surface area contributed by atoms with E-state index < -0.39 is 0 Å². The van der Waals surface area contributed by atoms with Crippen LogP contribution in [0.3, 0.4) is 0 Å². The van der Waals surface area contributed by atoms with E-state index in [1.807, 2.05) is 37.4 Å². The van der Waals surface area contributed by atoms with Crippen molar-refractivity contribution < 1.29 is 9.53 Å². The molecule has 28 heavy (non-hydrogen) atoms. The van der Waals surface area contributed by atoms with Crippen LogP contribution in [0.5, 0.6) is 0 Å². The molecule has 6 nitrogen and oxygen atoms in total. The van der Waals surface area contributed by atoms with E-state index >= 15 is 0 Å². The highest BCUT2D eigenvalue weighted by Crippen LogP contribution is 2.21. The molecule has 0 unspecified atom stereocenters. The predicted octanol–water partition coefficient (Wildman–Crippen LogP) is 2.70. The summed E-state index contributed by atoms with van der Waals surface area (Å²) in [5.74, 6) is -0.116. The predicted molar refractivity (Wildman–Crippen MR) is 113 cm³/mol. The molecule has 6 heteroatoms. The third kappa shape index (κ3) is 4.91. The first-order valence-corrected chi connectivity index (χ1v) is 9.50. The van der Waals surface area contributed by atoms with Gasteiger partial charge in [-0.1, -0.05) is 18.7 Å². The number of ether oxygens (including phenoxy) is 1. The van der Waals surface area contributed by atoms with E-state index in [9.17, 15) is 4.79 Å². The molecule has 148 valence electrons. The largest absolute Gasteiger partial charge is 0.405 e. The van der Waals surface area contributed by atoms with Crippen molar-refractivity contribution in [2.45, 2.75) is 13.5 Å². The summed E-state index contributed by atoms with van der Waals surface area (Å²) >= 11 is 0. The number of carbonyl (C=O) groups is 1. The lowest BCUT2D eigenvalue weighted by atomic mass is 10.1. The zero-order valence-electron chi connectivity index (χ0n) is 16.3. The molecule has 0 aliphatic carbocycles. The van der Waals surface area contributed by atoms with E-state index in [1.54, 1.807) is 6.08 Å². The Bertz CT molecular complexity index is 904. The molecule has 1 amide bonds. The van der Waals surface area contributed by atoms with Gasteiger partial charge in [-0.25, -0.2) is 0 Å². The summed E-state index contributed by atoms with van der Waals surface area (Å²) in [6, 6.07) is 5.79. The first-order valence-electron chi connectivity index (χ1n) is 9.50. The van der Waals surface area contributed by atoms with Crippen LogP contribution in [0.2, 0.25) is 0 Å². The molecule has 1 aliphatic rings. The van der Waals surface area contributed by atoms with Gasteiger partial charge in [-0.2, -0.15) is 0 Å². The van der Waals surface area contributed by atoms with Crippen LogP contribution < -0.4 is 11.1 Å². The number of H-pyrrole nitrogens is 1. The molecule has 4 N–H and O–H groups in total. The van der Waals surface area contributed by atoms with Crippen molar-refractivity contribution in [1.82, 2.24) is 15.2 Å². The van der Waals surface area contributed by atoms with Crippen molar-refractivity contribution in [3.63, 3.8) is 0 Å². The third-order valence-electron chi connectivity index (χ3n) is 5.00. The summed E-state index contributed by atoms with van der Waals surface area (Å²) in [4.78, 5) is 18.2. The Labute approximate surface area is 165 Å². The molecule has 2 heterocycles. The number of hydrogen-bond acceptors (Lipinski definition) is 4. The number of nitrogens with one attached hydrogen (secondary N) is 2. The normalized spacial score (nSPS) is 16.0. The Morgan fingerprint density at radius 2 is 2.18 bits per heavy atom. The van der Waals surface area contributed by atoms with Gasteiger partial charge in [0.1, 0.15) is 0 Å². The number of aromatic amines is 1. The van der Waals surface area contributed by atoms with Gasteiger partial charge in [-0.15, -0.1) is 0 Å². The Balaban J connectivity index is 1.63. The highest BCUT2D eigenvalue weighted by Gasteiger charge is 2.14. The number of hydrogen-bond donors (Lipinski definition) is 3. The van der Waals surface area contributed by atoms with Gasteiger partial charge in [0.25, 0.3) is 5.91 Å². The Hall–Kier alpha value is -2.83. The minimum atomic E-state index is -0.116. The van der Waals surface area contributed by atoms with Gasteiger partial charge in [0.2, 0.25) is 0 Å². The Kier molecular flexibility index (Phi) is 6.68. The van der Waals surface area contributed by atoms with Gasteiger partial charge in [-0.05, 0) is 48.0 Å². The molecule has 0 saturated carbocycles. The van der Waals surface area contributed by atoms with E-state index in [0.29, 0.717) is 12.1 Å². The van der Waals surface area contributed by atoms with Crippen LogP contribution in [0.4, 0.5) is 0 Å². The Morgan fingerprint density at radius 1 is 1.39 bits per heavy atom. The fourth-order valence-corrected chi connectivity index (χ4v) is 3.20. The van der Waals surface area contributed by atoms with Crippen molar-refractivity contribution in [2.75, 3.05) is 32.8 Å². The molecule has 0 bridgehead atoms. The number of allylic oxidation sites excluding steroid dienone is 2. The fraction of sp³-hybridized carbons (Fsp3) is 0.318. The van der Waals surface area contributed by atoms with Crippen molar-refractivity contribution >= 4 is 16.8 Å². The number of rotatable bonds is 7. The smallest absolute Gasteiger partial charge is 0.251 e. The van der Waals surface area contributed by atoms with Gasteiger partial charge in [0, 0.05) is 48.8 Å². The number of nitrogens with two attached hydrogens (primary N) is 1. The highest BCUT2D eigenvalue weighted by atomic mass is 16.5. The van der Waals surface area contributed by atoms with Crippen LogP contribution in [0.1, 0.15) is 22.8 Å². The van der Waals surface area contributed by atoms with Crippen LogP contribution in [0, 0.1) is 0 Å². The van der Waals surface area contributed by atoms with Crippen LogP contribution in [0.15, 0.2) is 60.5 Å². The molecule has 1 fully saturated rings. The summed E-state index contributed by atoms with van der Waals surface area (Å²) < 4.78 is 5.41. The first-order chi connectivity index (χ1) is 13.6. The van der Waals surface area contributed by atoms with Crippen LogP contribution in [-0.4, -0.2) is 48.6 Å². The van der Waals surface area contributed by atoms with Crippen molar-refractivity contribution in [1.29, 1.82) is 0 Å². The van der Waals surface area contributed by atoms with Crippen LogP contribution in [-0.2, 0) is 11.3 Å². The van der Waals surface area contributed by atoms with E-state index in [4.69, 9.17) is 10.5 Å². The van der Waals surface area contributed by atoms with E-state index in [1.165, 1.54) is 11.8 Å². The second kappa shape index (κ2) is 9.39. The molecule has 0 radical (unpaired) electrons. The molecule has 1 saturated heterocycles. The van der Waals surface area contributed by atoms with Crippen molar-refractivity contribution in [3.8, 4) is 0 Å². The Morgan fingerprint density at radius 3 is 2.93 bits per heavy atom. The number of carbonyl (C=O) groups excluding carboxylic acids is 1. The lowest BCUT2D eigenvalue weighted by Gasteiger charge is -2.26. The summed E-state index contributed by atoms with van der Waals surface area (Å²) in [5, 5.41) is 4.08. The minimum absolute atomic E-state index is 0.116. The van der Waals surface area contributed by atoms with E-state index in [-0.39, 0.29) is 5.91 Å². The van der Waals surface area contributed by atoms with Gasteiger partial charge < -0.3 is 20.8 Å². The lowest BCUT2D eigenvalue weighted by Crippen LogP contribution is -2.35. The van der Waals surface area contributed by atoms with Gasteiger partial charge in [0.05, 0.1) is 13.2 Å². The number of benzene rings is 1. The SMILES string of the molecule is C=C(CNC(=O)c1ccc2c(CN3CCOCC3)c[nH]c2c1)/C(C)=C\C=C/N. The lowest BCUT2D eigenvalue weighted by molar-refractivity contribution is 0.0343. The molecular formula is C22H28N4O2. The average molecular weight is 380 g/mol. The number of fused-ring (bicyclic) bond motifs is 1. The maximum absolute atomic E-state index is 12.5. The maximum Gasteiger partial charge on any atom is 0.251 e. The second-order valence-corrected chi connectivity index (χ2v) is 6.98. The summed E-state index contributed by atoms with van der Waals surface area (Å²) in [7, 11) is 0. The quantitative estimate of drug-likeness (QED) is 0.645. The second-order valence-electron chi connectivity index (χ2n) is 6.98. The fourth-order valence-electron chi connectivity index (χ4n) is 3.20. The third-order valence-corrected chi connectivity index (χ3v) is 5.00. The first kappa shape index (κ1) is 19.9. The molecule has 2 aromatic rings. The molecule has 1 aliphatic heterocycles. The number of aromatic nitrogens is 1. The molecule has 3 rings (SSSR count). The maximum atomic E-state index is 12.5.